The number of amides is 2. The smallest absolute Gasteiger partial charge is 0.462 e. The molecule has 21 heteroatoms. The van der Waals surface area contributed by atoms with E-state index in [-0.39, 0.29) is 38.1 Å². The van der Waals surface area contributed by atoms with E-state index >= 15 is 0 Å². The molecular formula is C81H153N2O18P. The number of carbonyl (C=O) groups excluding carboxylic acids is 6. The maximum absolute atomic E-state index is 14.8. The van der Waals surface area contributed by atoms with Crippen LogP contribution in [0.2, 0.25) is 0 Å². The Bertz CT molecular complexity index is 2080. The first kappa shape index (κ1) is 96.8. The van der Waals surface area contributed by atoms with Crippen molar-refractivity contribution in [2.45, 2.75) is 463 Å². The van der Waals surface area contributed by atoms with Crippen LogP contribution >= 0.6 is 7.82 Å². The van der Waals surface area contributed by atoms with Gasteiger partial charge >= 0.3 is 31.7 Å². The number of unbranched alkanes of at least 4 members (excludes halogenated alkanes) is 42. The van der Waals surface area contributed by atoms with Crippen molar-refractivity contribution in [2.24, 2.45) is 0 Å². The Hall–Kier alpha value is -3.23. The van der Waals surface area contributed by atoms with Gasteiger partial charge in [-0.2, -0.15) is 0 Å². The molecule has 1 saturated heterocycles. The van der Waals surface area contributed by atoms with Crippen molar-refractivity contribution in [1.29, 1.82) is 0 Å². The molecule has 102 heavy (non-hydrogen) atoms. The zero-order valence-electron chi connectivity index (χ0n) is 65.6. The molecule has 0 aromatic rings. The molecule has 1 heterocycles. The van der Waals surface area contributed by atoms with Crippen molar-refractivity contribution in [2.75, 3.05) is 19.8 Å². The third-order valence-corrected chi connectivity index (χ3v) is 20.2. The van der Waals surface area contributed by atoms with Crippen LogP contribution in [-0.4, -0.2) is 131 Å². The van der Waals surface area contributed by atoms with Gasteiger partial charge in [-0.25, -0.2) is 4.57 Å². The summed E-state index contributed by atoms with van der Waals surface area (Å²) in [7, 11) is -5.22. The van der Waals surface area contributed by atoms with Crippen LogP contribution in [0.3, 0.4) is 0 Å². The number of rotatable bonds is 73. The van der Waals surface area contributed by atoms with Gasteiger partial charge in [0.1, 0.15) is 36.6 Å². The van der Waals surface area contributed by atoms with E-state index in [2.05, 4.69) is 52.2 Å². The molecule has 2 amide bonds. The molecule has 0 radical (unpaired) electrons. The lowest BCUT2D eigenvalue weighted by molar-refractivity contribution is -0.274. The molecule has 0 unspecified atom stereocenters. The number of carbonyl (C=O) groups is 6. The Kier molecular flexibility index (Phi) is 63.7. The van der Waals surface area contributed by atoms with E-state index in [4.69, 9.17) is 32.9 Å². The molecule has 9 atom stereocenters. The van der Waals surface area contributed by atoms with E-state index in [0.717, 1.165) is 199 Å². The quantitative estimate of drug-likeness (QED) is 0.0143. The largest absolute Gasteiger partial charge is 0.469 e. The number of nitrogens with one attached hydrogen (secondary N) is 2. The van der Waals surface area contributed by atoms with E-state index in [1.165, 1.54) is 77.0 Å². The van der Waals surface area contributed by atoms with Crippen molar-refractivity contribution < 1.29 is 86.3 Å². The van der Waals surface area contributed by atoms with Crippen LogP contribution < -0.4 is 10.6 Å². The fourth-order valence-electron chi connectivity index (χ4n) is 13.4. The molecule has 20 nitrogen and oxygen atoms in total. The van der Waals surface area contributed by atoms with Gasteiger partial charge < -0.3 is 59.1 Å². The predicted octanol–water partition coefficient (Wildman–Crippen LogP) is 19.2. The van der Waals surface area contributed by atoms with E-state index in [0.29, 0.717) is 51.4 Å². The fourth-order valence-corrected chi connectivity index (χ4v) is 13.8. The van der Waals surface area contributed by atoms with Crippen molar-refractivity contribution in [3.05, 3.63) is 0 Å². The second-order valence-electron chi connectivity index (χ2n) is 29.6. The van der Waals surface area contributed by atoms with Gasteiger partial charge in [-0.3, -0.25) is 33.3 Å². The minimum Gasteiger partial charge on any atom is -0.462 e. The number of phosphoric acid groups is 1. The molecule has 1 aliphatic rings. The van der Waals surface area contributed by atoms with Gasteiger partial charge in [0.2, 0.25) is 11.8 Å². The van der Waals surface area contributed by atoms with Crippen LogP contribution in [-0.2, 0) is 66.3 Å². The number of ether oxygens (including phenoxy) is 6. The molecule has 6 N–H and O–H groups in total. The summed E-state index contributed by atoms with van der Waals surface area (Å²) in [6.07, 6.45) is 41.1. The third-order valence-electron chi connectivity index (χ3n) is 19.7. The summed E-state index contributed by atoms with van der Waals surface area (Å²) in [6, 6.07) is -2.72. The predicted molar refractivity (Wildman–Crippen MR) is 406 cm³/mol. The van der Waals surface area contributed by atoms with Gasteiger partial charge in [-0.05, 0) is 57.8 Å². The van der Waals surface area contributed by atoms with Gasteiger partial charge in [-0.1, -0.05) is 311 Å². The normalized spacial score (nSPS) is 17.4. The van der Waals surface area contributed by atoms with Crippen molar-refractivity contribution >= 4 is 43.5 Å². The number of hydrogen-bond donors (Lipinski definition) is 6. The first-order valence-electron chi connectivity index (χ1n) is 42.1. The lowest BCUT2D eigenvalue weighted by atomic mass is 9.96. The maximum atomic E-state index is 14.8. The summed E-state index contributed by atoms with van der Waals surface area (Å²) in [5.74, 6) is -3.39. The Morgan fingerprint density at radius 2 is 0.716 bits per heavy atom. The summed E-state index contributed by atoms with van der Waals surface area (Å²) in [5.41, 5.74) is 0. The molecule has 0 aromatic carbocycles. The highest BCUT2D eigenvalue weighted by molar-refractivity contribution is 7.46. The topological polar surface area (TPSA) is 289 Å². The molecule has 1 rings (SSSR count). The van der Waals surface area contributed by atoms with E-state index in [9.17, 15) is 53.3 Å². The Labute approximate surface area is 620 Å². The minimum absolute atomic E-state index is 0.167. The van der Waals surface area contributed by atoms with Crippen molar-refractivity contribution in [3.8, 4) is 0 Å². The second-order valence-corrected chi connectivity index (χ2v) is 30.8. The Balaban J connectivity index is 3.77. The average Bonchev–Trinajstić information content (AvgIpc) is 0.791. The van der Waals surface area contributed by atoms with Gasteiger partial charge in [-0.15, -0.1) is 0 Å². The zero-order chi connectivity index (χ0) is 75.0. The van der Waals surface area contributed by atoms with Gasteiger partial charge in [0.15, 0.2) is 12.4 Å². The zero-order valence-corrected chi connectivity index (χ0v) is 66.5. The molecule has 600 valence electrons. The summed E-state index contributed by atoms with van der Waals surface area (Å²) in [5, 5.41) is 28.8. The standard InChI is InChI=1S/C81H153N2O18P/c1-7-13-19-25-31-34-40-43-49-55-68(97-74(87)58-52-46-37-28-22-16-10-4)61-72(85)82-67(64-84)65-95-81-78(83-73(86)62-69(56-50-44-41-35-32-26-20-14-8-2)98-75(88)59-53-47-38-29-23-17-11-5)80(79(91)71(100-81)66-96-102(92,93)94)101-77(90)63-70(57-51-45-42-36-33-27-21-15-9-3)99-76(89)60-54-48-39-30-24-18-12-6/h67-71,78-81,84,91H,7-66H2,1-6H3,(H,82,85)(H,83,86)(H2,92,93,94)/t67-,68+,69+,70+,71+,78+,79+,80+,81+/m0/s1. The maximum Gasteiger partial charge on any atom is 0.469 e. The lowest BCUT2D eigenvalue weighted by Gasteiger charge is -2.44. The van der Waals surface area contributed by atoms with Crippen LogP contribution in [0.1, 0.15) is 408 Å². The average molecular weight is 1470 g/mol. The van der Waals surface area contributed by atoms with Gasteiger partial charge in [0.05, 0.1) is 45.1 Å². The van der Waals surface area contributed by atoms with Crippen LogP contribution in [0.5, 0.6) is 0 Å². The van der Waals surface area contributed by atoms with E-state index < -0.39 is 119 Å². The molecule has 0 spiro atoms. The first-order chi connectivity index (χ1) is 49.4. The summed E-state index contributed by atoms with van der Waals surface area (Å²) in [4.78, 5) is 104. The second kappa shape index (κ2) is 67.1. The highest BCUT2D eigenvalue weighted by Crippen LogP contribution is 2.38. The Morgan fingerprint density at radius 1 is 0.412 bits per heavy atom. The highest BCUT2D eigenvalue weighted by atomic mass is 31.2. The Morgan fingerprint density at radius 3 is 1.04 bits per heavy atom. The highest BCUT2D eigenvalue weighted by Gasteiger charge is 2.50. The fraction of sp³-hybridized carbons (Fsp3) is 0.926. The monoisotopic (exact) mass is 1470 g/mol. The molecule has 0 aromatic heterocycles. The van der Waals surface area contributed by atoms with E-state index in [1.807, 2.05) is 0 Å². The molecule has 0 bridgehead atoms. The lowest BCUT2D eigenvalue weighted by Crippen LogP contribution is -2.66. The minimum atomic E-state index is -5.22. The number of aliphatic hydroxyl groups excluding tert-OH is 2. The van der Waals surface area contributed by atoms with Crippen LogP contribution in [0.4, 0.5) is 0 Å². The number of phosphoric ester groups is 1. The van der Waals surface area contributed by atoms with Crippen LogP contribution in [0.25, 0.3) is 0 Å². The number of hydrogen-bond acceptors (Lipinski definition) is 16. The molecule has 1 aliphatic heterocycles. The summed E-state index contributed by atoms with van der Waals surface area (Å²) in [6.45, 7) is 11.0. The molecule has 0 aliphatic carbocycles. The van der Waals surface area contributed by atoms with E-state index in [1.54, 1.807) is 0 Å². The SMILES string of the molecule is CCCCCCCCCCC[C@H](CC(=O)N[C@@H](CO)CO[C@@H]1O[C@H](COP(=O)(O)O)[C@@H](O)[C@H](OC(=O)C[C@@H](CCCCCCCCCCC)OC(=O)CCCCCCCCC)[C@H]1NC(=O)C[C@@H](CCCCCCCCCCC)OC(=O)CCCCCCCCC)OC(=O)CCCCCCCCC. The van der Waals surface area contributed by atoms with Gasteiger partial charge in [0, 0.05) is 19.3 Å². The number of aliphatic hydroxyl groups is 2. The molecular weight excluding hydrogens is 1320 g/mol. The van der Waals surface area contributed by atoms with Crippen LogP contribution in [0.15, 0.2) is 0 Å². The summed E-state index contributed by atoms with van der Waals surface area (Å²) >= 11 is 0. The van der Waals surface area contributed by atoms with Crippen molar-refractivity contribution in [1.82, 2.24) is 10.6 Å². The number of esters is 4. The summed E-state index contributed by atoms with van der Waals surface area (Å²) < 4.78 is 54.1. The molecule has 1 fully saturated rings. The third kappa shape index (κ3) is 56.1. The first-order valence-corrected chi connectivity index (χ1v) is 43.6. The molecule has 0 saturated carbocycles. The van der Waals surface area contributed by atoms with Gasteiger partial charge in [0.25, 0.3) is 0 Å². The van der Waals surface area contributed by atoms with Crippen molar-refractivity contribution in [3.63, 3.8) is 0 Å². The van der Waals surface area contributed by atoms with Crippen LogP contribution in [0, 0.1) is 0 Å².